The summed E-state index contributed by atoms with van der Waals surface area (Å²) in [7, 11) is 3.41. The van der Waals surface area contributed by atoms with Crippen molar-refractivity contribution >= 4 is 39.1 Å². The van der Waals surface area contributed by atoms with Crippen LogP contribution >= 0.6 is 11.3 Å². The van der Waals surface area contributed by atoms with Gasteiger partial charge >= 0.3 is 5.97 Å². The quantitative estimate of drug-likeness (QED) is 0.488. The number of esters is 1. The molecule has 0 aliphatic heterocycles. The Morgan fingerprint density at radius 2 is 1.94 bits per heavy atom. The van der Waals surface area contributed by atoms with Gasteiger partial charge in [-0.3, -0.25) is 4.79 Å². The largest absolute Gasteiger partial charge is 0.465 e. The number of carbonyl (C=O) groups is 2. The van der Waals surface area contributed by atoms with Gasteiger partial charge in [0.25, 0.3) is 0 Å². The predicted molar refractivity (Wildman–Crippen MR) is 126 cm³/mol. The maximum Gasteiger partial charge on any atom is 0.350 e. The molecule has 0 unspecified atom stereocenters. The van der Waals surface area contributed by atoms with Crippen LogP contribution in [0.25, 0.3) is 10.2 Å². The summed E-state index contributed by atoms with van der Waals surface area (Å²) in [5.41, 5.74) is 2.72. The Kier molecular flexibility index (Phi) is 7.76. The maximum absolute atomic E-state index is 12.5. The summed E-state index contributed by atoms with van der Waals surface area (Å²) in [6, 6.07) is 14.3. The lowest BCUT2D eigenvalue weighted by atomic mass is 10.1. The van der Waals surface area contributed by atoms with Crippen LogP contribution < -0.4 is 5.32 Å². The van der Waals surface area contributed by atoms with E-state index >= 15 is 0 Å². The van der Waals surface area contributed by atoms with E-state index in [1.165, 1.54) is 24.0 Å². The Morgan fingerprint density at radius 1 is 1.19 bits per heavy atom. The van der Waals surface area contributed by atoms with Crippen LogP contribution in [-0.4, -0.2) is 42.5 Å². The van der Waals surface area contributed by atoms with Crippen LogP contribution in [-0.2, 0) is 22.5 Å². The van der Waals surface area contributed by atoms with Crippen molar-refractivity contribution in [3.63, 3.8) is 0 Å². The Bertz CT molecular complexity index is 1050. The fourth-order valence-electron chi connectivity index (χ4n) is 3.22. The molecular formula is C24H29N3O3S. The van der Waals surface area contributed by atoms with Gasteiger partial charge in [-0.2, -0.15) is 0 Å². The number of amides is 1. The Balaban J connectivity index is 1.79. The molecule has 164 valence electrons. The van der Waals surface area contributed by atoms with Gasteiger partial charge in [-0.05, 0) is 37.6 Å². The molecule has 0 aliphatic carbocycles. The minimum Gasteiger partial charge on any atom is -0.465 e. The van der Waals surface area contributed by atoms with Crippen LogP contribution in [0.1, 0.15) is 41.2 Å². The van der Waals surface area contributed by atoms with Crippen molar-refractivity contribution in [2.24, 2.45) is 5.92 Å². The number of hydrogen-bond donors (Lipinski definition) is 1. The molecule has 0 bridgehead atoms. The first-order chi connectivity index (χ1) is 14.9. The Labute approximate surface area is 187 Å². The van der Waals surface area contributed by atoms with Crippen molar-refractivity contribution in [2.45, 2.75) is 33.2 Å². The number of thiophene rings is 1. The number of aromatic nitrogens is 1. The number of fused-ring (bicyclic) bond motifs is 1. The monoisotopic (exact) mass is 439 g/mol. The standard InChI is InChI=1S/C24H29N3O3S/c1-5-16(2)22(28)26-20-19-12-11-18(25-23(19)31-21(20)24(29)30-4)15-27(3)14-13-17-9-7-6-8-10-17/h6-12,16H,5,13-15H2,1-4H3,(H,26,28)/t16-/m1/s1. The molecule has 2 heterocycles. The van der Waals surface area contributed by atoms with Gasteiger partial charge in [0.1, 0.15) is 9.71 Å². The molecule has 0 saturated heterocycles. The first-order valence-corrected chi connectivity index (χ1v) is 11.3. The number of methoxy groups -OCH3 is 1. The highest BCUT2D eigenvalue weighted by Gasteiger charge is 2.23. The van der Waals surface area contributed by atoms with Crippen molar-refractivity contribution in [3.8, 4) is 0 Å². The molecule has 1 atom stereocenters. The van der Waals surface area contributed by atoms with Gasteiger partial charge in [0.2, 0.25) is 5.91 Å². The number of nitrogens with zero attached hydrogens (tertiary/aromatic N) is 2. The second-order valence-corrected chi connectivity index (χ2v) is 8.72. The molecule has 0 saturated carbocycles. The smallest absolute Gasteiger partial charge is 0.350 e. The highest BCUT2D eigenvalue weighted by Crippen LogP contribution is 2.36. The normalized spacial score (nSPS) is 12.2. The second-order valence-electron chi connectivity index (χ2n) is 7.72. The summed E-state index contributed by atoms with van der Waals surface area (Å²) in [6.45, 7) is 5.43. The molecule has 7 heteroatoms. The van der Waals surface area contributed by atoms with E-state index in [0.29, 0.717) is 21.9 Å². The van der Waals surface area contributed by atoms with Gasteiger partial charge in [-0.1, -0.05) is 44.2 Å². The van der Waals surface area contributed by atoms with Gasteiger partial charge in [-0.25, -0.2) is 9.78 Å². The fraction of sp³-hybridized carbons (Fsp3) is 0.375. The number of likely N-dealkylation sites (N-methyl/N-ethyl adjacent to an activating group) is 1. The van der Waals surface area contributed by atoms with Gasteiger partial charge in [0, 0.05) is 24.4 Å². The highest BCUT2D eigenvalue weighted by atomic mass is 32.1. The van der Waals surface area contributed by atoms with E-state index < -0.39 is 5.97 Å². The molecule has 31 heavy (non-hydrogen) atoms. The third-order valence-electron chi connectivity index (χ3n) is 5.35. The lowest BCUT2D eigenvalue weighted by Crippen LogP contribution is -2.21. The minimum atomic E-state index is -0.469. The third-order valence-corrected chi connectivity index (χ3v) is 6.43. The molecular weight excluding hydrogens is 410 g/mol. The van der Waals surface area contributed by atoms with Gasteiger partial charge < -0.3 is 15.0 Å². The summed E-state index contributed by atoms with van der Waals surface area (Å²) in [5.74, 6) is -0.730. The SMILES string of the molecule is CC[C@@H](C)C(=O)Nc1c(C(=O)OC)sc2nc(CN(C)CCc3ccccc3)ccc12. The van der Waals surface area contributed by atoms with E-state index in [4.69, 9.17) is 9.72 Å². The van der Waals surface area contributed by atoms with Crippen LogP contribution in [0.2, 0.25) is 0 Å². The zero-order valence-corrected chi connectivity index (χ0v) is 19.3. The van der Waals surface area contributed by atoms with Gasteiger partial charge in [0.15, 0.2) is 0 Å². The van der Waals surface area contributed by atoms with Crippen LogP contribution in [0.3, 0.4) is 0 Å². The van der Waals surface area contributed by atoms with Crippen molar-refractivity contribution in [2.75, 3.05) is 26.0 Å². The molecule has 1 amide bonds. The number of ether oxygens (including phenoxy) is 1. The number of pyridine rings is 1. The van der Waals surface area contributed by atoms with E-state index in [0.717, 1.165) is 30.5 Å². The first-order valence-electron chi connectivity index (χ1n) is 10.5. The molecule has 0 radical (unpaired) electrons. The average Bonchev–Trinajstić information content (AvgIpc) is 3.14. The molecule has 1 aromatic carbocycles. The van der Waals surface area contributed by atoms with Gasteiger partial charge in [0.05, 0.1) is 18.5 Å². The summed E-state index contributed by atoms with van der Waals surface area (Å²) in [6.07, 6.45) is 1.69. The molecule has 3 aromatic rings. The predicted octanol–water partition coefficient (Wildman–Crippen LogP) is 4.74. The molecule has 3 rings (SSSR count). The molecule has 1 N–H and O–H groups in total. The average molecular weight is 440 g/mol. The van der Waals surface area contributed by atoms with Crippen LogP contribution in [0.5, 0.6) is 0 Å². The summed E-state index contributed by atoms with van der Waals surface area (Å²) in [5, 5.41) is 3.68. The second kappa shape index (κ2) is 10.5. The molecule has 6 nitrogen and oxygen atoms in total. The lowest BCUT2D eigenvalue weighted by Gasteiger charge is -2.16. The lowest BCUT2D eigenvalue weighted by molar-refractivity contribution is -0.119. The number of nitrogens with one attached hydrogen (secondary N) is 1. The molecule has 2 aromatic heterocycles. The van der Waals surface area contributed by atoms with E-state index in [1.807, 2.05) is 32.0 Å². The topological polar surface area (TPSA) is 71.5 Å². The molecule has 0 fully saturated rings. The maximum atomic E-state index is 12.5. The Morgan fingerprint density at radius 3 is 2.61 bits per heavy atom. The van der Waals surface area contributed by atoms with Crippen LogP contribution in [0.4, 0.5) is 5.69 Å². The summed E-state index contributed by atoms with van der Waals surface area (Å²) >= 11 is 1.25. The van der Waals surface area contributed by atoms with Crippen molar-refractivity contribution in [1.29, 1.82) is 0 Å². The highest BCUT2D eigenvalue weighted by molar-refractivity contribution is 7.21. The van der Waals surface area contributed by atoms with E-state index in [9.17, 15) is 9.59 Å². The van der Waals surface area contributed by atoms with Crippen molar-refractivity contribution in [3.05, 3.63) is 58.6 Å². The number of hydrogen-bond acceptors (Lipinski definition) is 6. The zero-order chi connectivity index (χ0) is 22.4. The van der Waals surface area contributed by atoms with Gasteiger partial charge in [-0.15, -0.1) is 11.3 Å². The third kappa shape index (κ3) is 5.68. The van der Waals surface area contributed by atoms with Crippen LogP contribution in [0, 0.1) is 5.92 Å². The number of rotatable bonds is 9. The molecule has 0 aliphatic rings. The summed E-state index contributed by atoms with van der Waals surface area (Å²) in [4.78, 5) is 32.8. The fourth-order valence-corrected chi connectivity index (χ4v) is 4.28. The van der Waals surface area contributed by atoms with Crippen LogP contribution in [0.15, 0.2) is 42.5 Å². The minimum absolute atomic E-state index is 0.114. The van der Waals surface area contributed by atoms with Crippen molar-refractivity contribution < 1.29 is 14.3 Å². The first kappa shape index (κ1) is 22.9. The number of benzene rings is 1. The molecule has 0 spiro atoms. The number of carbonyl (C=O) groups excluding carboxylic acids is 2. The van der Waals surface area contributed by atoms with E-state index in [-0.39, 0.29) is 11.8 Å². The summed E-state index contributed by atoms with van der Waals surface area (Å²) < 4.78 is 4.93. The van der Waals surface area contributed by atoms with Crippen molar-refractivity contribution in [1.82, 2.24) is 9.88 Å². The zero-order valence-electron chi connectivity index (χ0n) is 18.5. The Hall–Kier alpha value is -2.77. The van der Waals surface area contributed by atoms with E-state index in [1.54, 1.807) is 0 Å². The van der Waals surface area contributed by atoms with E-state index in [2.05, 4.69) is 41.5 Å². The number of anilines is 1.